The number of rotatable bonds is 3. The molecule has 5 nitrogen and oxygen atoms in total. The normalized spacial score (nSPS) is 30.4. The third-order valence-electron chi connectivity index (χ3n) is 6.43. The fourth-order valence-electron chi connectivity index (χ4n) is 4.94. The summed E-state index contributed by atoms with van der Waals surface area (Å²) in [6.07, 6.45) is 9.73. The summed E-state index contributed by atoms with van der Waals surface area (Å²) in [5.41, 5.74) is 0. The van der Waals surface area contributed by atoms with Gasteiger partial charge in [0.25, 0.3) is 0 Å². The molecular weight excluding hydrogens is 314 g/mol. The van der Waals surface area contributed by atoms with E-state index in [0.717, 1.165) is 45.3 Å². The molecule has 0 spiro atoms. The van der Waals surface area contributed by atoms with Gasteiger partial charge < -0.3 is 14.7 Å². The van der Waals surface area contributed by atoms with Crippen LogP contribution in [-0.2, 0) is 9.59 Å². The lowest BCUT2D eigenvalue weighted by Gasteiger charge is -2.32. The fourth-order valence-corrected chi connectivity index (χ4v) is 4.94. The molecule has 5 heteroatoms. The van der Waals surface area contributed by atoms with Gasteiger partial charge in [-0.2, -0.15) is 0 Å². The van der Waals surface area contributed by atoms with Crippen LogP contribution in [0.3, 0.4) is 0 Å². The van der Waals surface area contributed by atoms with Crippen molar-refractivity contribution in [2.24, 2.45) is 5.92 Å². The van der Waals surface area contributed by atoms with E-state index in [9.17, 15) is 9.59 Å². The second-order valence-electron chi connectivity index (χ2n) is 8.30. The zero-order valence-electron chi connectivity index (χ0n) is 16.1. The van der Waals surface area contributed by atoms with Gasteiger partial charge in [0.15, 0.2) is 0 Å². The van der Waals surface area contributed by atoms with E-state index in [1.165, 1.54) is 25.7 Å². The fraction of sp³-hybridized carbons (Fsp3) is 0.900. The van der Waals surface area contributed by atoms with Gasteiger partial charge in [-0.15, -0.1) is 0 Å². The first-order valence-corrected chi connectivity index (χ1v) is 10.4. The topological polar surface area (TPSA) is 43.9 Å². The summed E-state index contributed by atoms with van der Waals surface area (Å²) in [7, 11) is 2.14. The molecule has 3 aliphatic rings. The van der Waals surface area contributed by atoms with Crippen LogP contribution in [0, 0.1) is 5.92 Å². The van der Waals surface area contributed by atoms with E-state index in [1.807, 2.05) is 0 Å². The van der Waals surface area contributed by atoms with E-state index in [0.29, 0.717) is 25.0 Å². The SMILES string of the molecule is CC[C@H]1CN(C)CCCN1C(=O)[C@@H]1CC(=O)N(C2CCCCCC2)C1. The van der Waals surface area contributed by atoms with Gasteiger partial charge in [-0.3, -0.25) is 9.59 Å². The van der Waals surface area contributed by atoms with E-state index in [4.69, 9.17) is 0 Å². The number of hydrogen-bond donors (Lipinski definition) is 0. The van der Waals surface area contributed by atoms with Crippen LogP contribution < -0.4 is 0 Å². The summed E-state index contributed by atoms with van der Waals surface area (Å²) in [6, 6.07) is 0.673. The Balaban J connectivity index is 1.65. The summed E-state index contributed by atoms with van der Waals surface area (Å²) in [6.45, 7) is 5.68. The molecule has 3 rings (SSSR count). The number of amides is 2. The highest BCUT2D eigenvalue weighted by molar-refractivity contribution is 5.89. The van der Waals surface area contributed by atoms with E-state index >= 15 is 0 Å². The van der Waals surface area contributed by atoms with Gasteiger partial charge in [0, 0.05) is 38.1 Å². The first kappa shape index (κ1) is 18.7. The molecule has 0 aromatic carbocycles. The average molecular weight is 350 g/mol. The van der Waals surface area contributed by atoms with Crippen LogP contribution in [0.15, 0.2) is 0 Å². The Kier molecular flexibility index (Phi) is 6.37. The van der Waals surface area contributed by atoms with Crippen molar-refractivity contribution in [3.05, 3.63) is 0 Å². The molecule has 2 saturated heterocycles. The number of carbonyl (C=O) groups is 2. The van der Waals surface area contributed by atoms with Gasteiger partial charge in [0.2, 0.25) is 11.8 Å². The highest BCUT2D eigenvalue weighted by atomic mass is 16.2. The lowest BCUT2D eigenvalue weighted by Crippen LogP contribution is -2.47. The van der Waals surface area contributed by atoms with Crippen LogP contribution in [0.1, 0.15) is 64.7 Å². The van der Waals surface area contributed by atoms with Gasteiger partial charge in [0.05, 0.1) is 5.92 Å². The molecule has 2 aliphatic heterocycles. The summed E-state index contributed by atoms with van der Waals surface area (Å²) >= 11 is 0. The van der Waals surface area contributed by atoms with Crippen molar-refractivity contribution in [1.82, 2.24) is 14.7 Å². The molecule has 2 heterocycles. The molecular formula is C20H35N3O2. The Morgan fingerprint density at radius 1 is 1.04 bits per heavy atom. The van der Waals surface area contributed by atoms with E-state index in [-0.39, 0.29) is 17.7 Å². The zero-order chi connectivity index (χ0) is 17.8. The van der Waals surface area contributed by atoms with Crippen molar-refractivity contribution >= 4 is 11.8 Å². The molecule has 1 aliphatic carbocycles. The molecule has 3 fully saturated rings. The van der Waals surface area contributed by atoms with Gasteiger partial charge in [0.1, 0.15) is 0 Å². The van der Waals surface area contributed by atoms with Crippen molar-refractivity contribution in [3.63, 3.8) is 0 Å². The molecule has 0 aromatic rings. The molecule has 0 unspecified atom stereocenters. The van der Waals surface area contributed by atoms with Crippen molar-refractivity contribution in [3.8, 4) is 0 Å². The second-order valence-corrected chi connectivity index (χ2v) is 8.30. The predicted octanol–water partition coefficient (Wildman–Crippen LogP) is 2.50. The Hall–Kier alpha value is -1.10. The van der Waals surface area contributed by atoms with Gasteiger partial charge in [-0.05, 0) is 39.3 Å². The van der Waals surface area contributed by atoms with E-state index in [2.05, 4.69) is 28.7 Å². The highest BCUT2D eigenvalue weighted by Gasteiger charge is 2.40. The molecule has 0 N–H and O–H groups in total. The highest BCUT2D eigenvalue weighted by Crippen LogP contribution is 2.29. The number of hydrogen-bond acceptors (Lipinski definition) is 3. The third kappa shape index (κ3) is 4.36. The molecule has 1 saturated carbocycles. The minimum atomic E-state index is -0.117. The largest absolute Gasteiger partial charge is 0.339 e. The quantitative estimate of drug-likeness (QED) is 0.735. The number of likely N-dealkylation sites (N-methyl/N-ethyl adjacent to an activating group) is 1. The standard InChI is InChI=1S/C20H35N3O2/c1-3-17-15-21(2)11-8-12-22(17)20(25)16-13-19(24)23(14-16)18-9-6-4-5-7-10-18/h16-18H,3-15H2,1-2H3/t16-,17+/m1/s1. The summed E-state index contributed by atoms with van der Waals surface area (Å²) < 4.78 is 0. The molecule has 0 bridgehead atoms. The predicted molar refractivity (Wildman–Crippen MR) is 99.2 cm³/mol. The van der Waals surface area contributed by atoms with Gasteiger partial charge in [-0.1, -0.05) is 32.6 Å². The van der Waals surface area contributed by atoms with Crippen LogP contribution in [0.4, 0.5) is 0 Å². The minimum Gasteiger partial charge on any atom is -0.339 e. The molecule has 25 heavy (non-hydrogen) atoms. The Bertz CT molecular complexity index is 474. The van der Waals surface area contributed by atoms with E-state index < -0.39 is 0 Å². The number of carbonyl (C=O) groups excluding carboxylic acids is 2. The smallest absolute Gasteiger partial charge is 0.228 e. The Morgan fingerprint density at radius 2 is 1.76 bits per heavy atom. The maximum absolute atomic E-state index is 13.2. The Labute approximate surface area is 152 Å². The summed E-state index contributed by atoms with van der Waals surface area (Å²) in [5.74, 6) is 0.324. The minimum absolute atomic E-state index is 0.117. The second kappa shape index (κ2) is 8.52. The van der Waals surface area contributed by atoms with E-state index in [1.54, 1.807) is 0 Å². The van der Waals surface area contributed by atoms with Crippen LogP contribution in [-0.4, -0.2) is 71.8 Å². The molecule has 0 radical (unpaired) electrons. The number of likely N-dealkylation sites (tertiary alicyclic amines) is 1. The molecule has 2 amide bonds. The zero-order valence-corrected chi connectivity index (χ0v) is 16.1. The van der Waals surface area contributed by atoms with Crippen molar-refractivity contribution in [2.75, 3.05) is 33.2 Å². The number of nitrogens with zero attached hydrogens (tertiary/aromatic N) is 3. The van der Waals surface area contributed by atoms with Crippen LogP contribution in [0.2, 0.25) is 0 Å². The van der Waals surface area contributed by atoms with Gasteiger partial charge >= 0.3 is 0 Å². The third-order valence-corrected chi connectivity index (χ3v) is 6.43. The van der Waals surface area contributed by atoms with Crippen molar-refractivity contribution in [2.45, 2.75) is 76.8 Å². The molecule has 2 atom stereocenters. The summed E-state index contributed by atoms with van der Waals surface area (Å²) in [5, 5.41) is 0. The van der Waals surface area contributed by atoms with Crippen LogP contribution >= 0.6 is 0 Å². The molecule has 142 valence electrons. The van der Waals surface area contributed by atoms with Crippen LogP contribution in [0.25, 0.3) is 0 Å². The van der Waals surface area contributed by atoms with Gasteiger partial charge in [-0.25, -0.2) is 0 Å². The first-order chi connectivity index (χ1) is 12.1. The molecule has 0 aromatic heterocycles. The lowest BCUT2D eigenvalue weighted by atomic mass is 10.0. The monoisotopic (exact) mass is 349 g/mol. The summed E-state index contributed by atoms with van der Waals surface area (Å²) in [4.78, 5) is 32.3. The first-order valence-electron chi connectivity index (χ1n) is 10.4. The Morgan fingerprint density at radius 3 is 2.44 bits per heavy atom. The van der Waals surface area contributed by atoms with Crippen molar-refractivity contribution in [1.29, 1.82) is 0 Å². The van der Waals surface area contributed by atoms with Crippen LogP contribution in [0.5, 0.6) is 0 Å². The maximum Gasteiger partial charge on any atom is 0.228 e. The maximum atomic E-state index is 13.2. The lowest BCUT2D eigenvalue weighted by molar-refractivity contribution is -0.138. The van der Waals surface area contributed by atoms with Crippen molar-refractivity contribution < 1.29 is 9.59 Å². The average Bonchev–Trinajstić information content (AvgIpc) is 2.79.